The van der Waals surface area contributed by atoms with Crippen molar-refractivity contribution in [3.8, 4) is 5.75 Å². The number of nitrogens with zero attached hydrogens (tertiary/aromatic N) is 2. The molecule has 0 bridgehead atoms. The number of hydrogen-bond donors (Lipinski definition) is 0. The molecule has 4 heteroatoms. The summed E-state index contributed by atoms with van der Waals surface area (Å²) in [6, 6.07) is 8.69. The molecule has 0 saturated heterocycles. The SMILES string of the molecule is C=Cc1c(/C=C(\CCC)Oc2ccc(SC)cc2)cnn1C(CCC)CCC. The van der Waals surface area contributed by atoms with E-state index in [2.05, 4.69) is 56.5 Å². The van der Waals surface area contributed by atoms with Crippen molar-refractivity contribution < 1.29 is 4.74 Å². The molecule has 28 heavy (non-hydrogen) atoms. The fourth-order valence-electron chi connectivity index (χ4n) is 3.42. The molecule has 0 unspecified atom stereocenters. The molecule has 0 aliphatic carbocycles. The summed E-state index contributed by atoms with van der Waals surface area (Å²) in [7, 11) is 0. The fraction of sp³-hybridized carbons (Fsp3) is 0.458. The molecule has 2 rings (SSSR count). The molecule has 0 atom stereocenters. The van der Waals surface area contributed by atoms with Gasteiger partial charge in [-0.1, -0.05) is 40.2 Å². The number of allylic oxidation sites excluding steroid dienone is 1. The van der Waals surface area contributed by atoms with Crippen LogP contribution in [0.5, 0.6) is 5.75 Å². The molecule has 0 amide bonds. The second-order valence-electron chi connectivity index (χ2n) is 7.00. The molecule has 0 aliphatic heterocycles. The maximum absolute atomic E-state index is 6.20. The highest BCUT2D eigenvalue weighted by Gasteiger charge is 2.16. The van der Waals surface area contributed by atoms with Crippen LogP contribution in [0.3, 0.4) is 0 Å². The zero-order valence-electron chi connectivity index (χ0n) is 17.8. The largest absolute Gasteiger partial charge is 0.462 e. The van der Waals surface area contributed by atoms with Crippen LogP contribution in [0.4, 0.5) is 0 Å². The average Bonchev–Trinajstić information content (AvgIpc) is 3.11. The van der Waals surface area contributed by atoms with Gasteiger partial charge in [0.1, 0.15) is 11.5 Å². The topological polar surface area (TPSA) is 27.1 Å². The van der Waals surface area contributed by atoms with Crippen molar-refractivity contribution in [2.75, 3.05) is 6.26 Å². The minimum Gasteiger partial charge on any atom is -0.462 e. The molecule has 0 N–H and O–H groups in total. The van der Waals surface area contributed by atoms with E-state index < -0.39 is 0 Å². The van der Waals surface area contributed by atoms with E-state index in [0.717, 1.165) is 61.3 Å². The first-order chi connectivity index (χ1) is 13.7. The first kappa shape index (κ1) is 22.4. The summed E-state index contributed by atoms with van der Waals surface area (Å²) in [5, 5.41) is 4.71. The van der Waals surface area contributed by atoms with Crippen LogP contribution >= 0.6 is 11.8 Å². The van der Waals surface area contributed by atoms with Crippen molar-refractivity contribution in [3.63, 3.8) is 0 Å². The van der Waals surface area contributed by atoms with E-state index >= 15 is 0 Å². The summed E-state index contributed by atoms with van der Waals surface area (Å²) in [6.07, 6.45) is 14.6. The molecular weight excluding hydrogens is 364 g/mol. The lowest BCUT2D eigenvalue weighted by molar-refractivity contribution is 0.389. The van der Waals surface area contributed by atoms with Gasteiger partial charge in [-0.2, -0.15) is 5.10 Å². The Kier molecular flexibility index (Phi) is 9.42. The van der Waals surface area contributed by atoms with Crippen LogP contribution in [0.25, 0.3) is 12.2 Å². The van der Waals surface area contributed by atoms with E-state index in [9.17, 15) is 0 Å². The van der Waals surface area contributed by atoms with Crippen molar-refractivity contribution in [1.82, 2.24) is 9.78 Å². The Morgan fingerprint density at radius 2 is 1.82 bits per heavy atom. The van der Waals surface area contributed by atoms with Crippen LogP contribution in [-0.4, -0.2) is 16.0 Å². The van der Waals surface area contributed by atoms with E-state index in [1.54, 1.807) is 11.8 Å². The molecule has 152 valence electrons. The lowest BCUT2D eigenvalue weighted by Gasteiger charge is -2.18. The van der Waals surface area contributed by atoms with Gasteiger partial charge in [-0.15, -0.1) is 11.8 Å². The van der Waals surface area contributed by atoms with Gasteiger partial charge in [0.05, 0.1) is 17.9 Å². The molecule has 1 aromatic heterocycles. The van der Waals surface area contributed by atoms with Crippen LogP contribution < -0.4 is 4.74 Å². The molecule has 0 saturated carbocycles. The predicted octanol–water partition coefficient (Wildman–Crippen LogP) is 7.61. The van der Waals surface area contributed by atoms with E-state index in [1.165, 1.54) is 4.90 Å². The standard InChI is InChI=1S/C24H34N2OS/c1-6-10-20(11-7-2)26-24(9-4)19(18-25-26)17-22(12-8-3)27-21-13-15-23(28-5)16-14-21/h9,13-18,20H,4,6-8,10-12H2,1-3,5H3/b22-17+. The Balaban J connectivity index is 2.31. The van der Waals surface area contributed by atoms with Crippen LogP contribution in [-0.2, 0) is 0 Å². The fourth-order valence-corrected chi connectivity index (χ4v) is 3.83. The van der Waals surface area contributed by atoms with Gasteiger partial charge < -0.3 is 4.74 Å². The second-order valence-corrected chi connectivity index (χ2v) is 7.88. The second kappa shape index (κ2) is 11.8. The first-order valence-electron chi connectivity index (χ1n) is 10.4. The zero-order chi connectivity index (χ0) is 20.4. The Hall–Kier alpha value is -1.94. The lowest BCUT2D eigenvalue weighted by Crippen LogP contribution is -2.12. The summed E-state index contributed by atoms with van der Waals surface area (Å²) in [5.74, 6) is 1.84. The number of benzene rings is 1. The van der Waals surface area contributed by atoms with Crippen LogP contribution in [0, 0.1) is 0 Å². The molecular formula is C24H34N2OS. The van der Waals surface area contributed by atoms with Crippen molar-refractivity contribution in [2.45, 2.75) is 70.2 Å². The molecule has 0 fully saturated rings. The van der Waals surface area contributed by atoms with Crippen LogP contribution in [0.15, 0.2) is 47.7 Å². The molecule has 1 aromatic carbocycles. The maximum Gasteiger partial charge on any atom is 0.127 e. The average molecular weight is 399 g/mol. The normalized spacial score (nSPS) is 11.8. The van der Waals surface area contributed by atoms with Gasteiger partial charge in [0, 0.05) is 16.9 Å². The summed E-state index contributed by atoms with van der Waals surface area (Å²) in [6.45, 7) is 10.7. The Labute approximate surface area is 174 Å². The predicted molar refractivity (Wildman–Crippen MR) is 123 cm³/mol. The summed E-state index contributed by atoms with van der Waals surface area (Å²) in [5.41, 5.74) is 2.17. The maximum atomic E-state index is 6.20. The van der Waals surface area contributed by atoms with Crippen molar-refractivity contribution in [2.24, 2.45) is 0 Å². The van der Waals surface area contributed by atoms with E-state index in [0.29, 0.717) is 6.04 Å². The van der Waals surface area contributed by atoms with Crippen LogP contribution in [0.1, 0.15) is 76.6 Å². The highest BCUT2D eigenvalue weighted by atomic mass is 32.2. The highest BCUT2D eigenvalue weighted by Crippen LogP contribution is 2.27. The van der Waals surface area contributed by atoms with Gasteiger partial charge in [0.15, 0.2) is 0 Å². The summed E-state index contributed by atoms with van der Waals surface area (Å²) in [4.78, 5) is 1.24. The third-order valence-corrected chi connectivity index (χ3v) is 5.51. The van der Waals surface area contributed by atoms with Crippen molar-refractivity contribution in [3.05, 3.63) is 54.1 Å². The van der Waals surface area contributed by atoms with Gasteiger partial charge in [0.25, 0.3) is 0 Å². The van der Waals surface area contributed by atoms with Crippen LogP contribution in [0.2, 0.25) is 0 Å². The minimum atomic E-state index is 0.430. The van der Waals surface area contributed by atoms with Gasteiger partial charge >= 0.3 is 0 Å². The molecule has 1 heterocycles. The number of rotatable bonds is 12. The number of thioether (sulfide) groups is 1. The Morgan fingerprint density at radius 3 is 2.36 bits per heavy atom. The molecule has 0 aliphatic rings. The van der Waals surface area contributed by atoms with E-state index in [1.807, 2.05) is 24.4 Å². The highest BCUT2D eigenvalue weighted by molar-refractivity contribution is 7.98. The van der Waals surface area contributed by atoms with Gasteiger partial charge in [-0.25, -0.2) is 0 Å². The third-order valence-electron chi connectivity index (χ3n) is 4.77. The van der Waals surface area contributed by atoms with Crippen molar-refractivity contribution >= 4 is 23.9 Å². The van der Waals surface area contributed by atoms with Crippen molar-refractivity contribution in [1.29, 1.82) is 0 Å². The number of hydrogen-bond acceptors (Lipinski definition) is 3. The third kappa shape index (κ3) is 6.03. The van der Waals surface area contributed by atoms with Gasteiger partial charge in [-0.05, 0) is 61.9 Å². The molecule has 3 nitrogen and oxygen atoms in total. The molecule has 0 spiro atoms. The van der Waals surface area contributed by atoms with E-state index in [4.69, 9.17) is 9.84 Å². The number of aromatic nitrogens is 2. The summed E-state index contributed by atoms with van der Waals surface area (Å²) < 4.78 is 8.36. The number of ether oxygens (including phenoxy) is 1. The summed E-state index contributed by atoms with van der Waals surface area (Å²) >= 11 is 1.74. The lowest BCUT2D eigenvalue weighted by atomic mass is 10.1. The minimum absolute atomic E-state index is 0.430. The Morgan fingerprint density at radius 1 is 1.14 bits per heavy atom. The van der Waals surface area contributed by atoms with Gasteiger partial charge in [-0.3, -0.25) is 4.68 Å². The molecule has 2 aromatic rings. The zero-order valence-corrected chi connectivity index (χ0v) is 18.6. The smallest absolute Gasteiger partial charge is 0.127 e. The molecule has 0 radical (unpaired) electrons. The van der Waals surface area contributed by atoms with E-state index in [-0.39, 0.29) is 0 Å². The first-order valence-corrected chi connectivity index (χ1v) is 11.6. The van der Waals surface area contributed by atoms with Gasteiger partial charge in [0.2, 0.25) is 0 Å². The Bertz CT molecular complexity index is 755. The quantitative estimate of drug-likeness (QED) is 0.272. The monoisotopic (exact) mass is 398 g/mol.